The maximum absolute atomic E-state index is 11.8. The summed E-state index contributed by atoms with van der Waals surface area (Å²) < 4.78 is 28.6. The zero-order valence-electron chi connectivity index (χ0n) is 8.02. The predicted octanol–water partition coefficient (Wildman–Crippen LogP) is -1.64. The van der Waals surface area contributed by atoms with Gasteiger partial charge < -0.3 is 20.1 Å². The lowest BCUT2D eigenvalue weighted by atomic mass is 9.80. The van der Waals surface area contributed by atoms with E-state index in [1.165, 1.54) is 13.6 Å². The van der Waals surface area contributed by atoms with Crippen molar-refractivity contribution < 1.29 is 28.8 Å². The van der Waals surface area contributed by atoms with Gasteiger partial charge in [-0.2, -0.15) is 8.78 Å². The molecular weight excluding hydrogens is 209 g/mol. The fourth-order valence-electron chi connectivity index (χ4n) is 1.50. The number of halogens is 2. The topological polar surface area (TPSA) is 69.9 Å². The SMILES string of the molecule is B[C@@H]1O[C@H](CO)[C@H](O)C1(O)C=C=C(F)F. The molecule has 0 spiro atoms. The Labute approximate surface area is 85.9 Å². The minimum absolute atomic E-state index is 0.497. The summed E-state index contributed by atoms with van der Waals surface area (Å²) in [5, 5.41) is 28.1. The quantitative estimate of drug-likeness (QED) is 0.385. The van der Waals surface area contributed by atoms with Crippen LogP contribution in [0.4, 0.5) is 8.78 Å². The highest BCUT2D eigenvalue weighted by atomic mass is 19.3. The van der Waals surface area contributed by atoms with E-state index in [1.54, 1.807) is 0 Å². The first-order chi connectivity index (χ1) is 6.91. The van der Waals surface area contributed by atoms with E-state index in [1.807, 2.05) is 0 Å². The number of rotatable bonds is 2. The number of hydrogen-bond acceptors (Lipinski definition) is 4. The summed E-state index contributed by atoms with van der Waals surface area (Å²) in [5.41, 5.74) is -0.427. The van der Waals surface area contributed by atoms with E-state index in [0.717, 1.165) is 0 Å². The summed E-state index contributed by atoms with van der Waals surface area (Å²) in [6.45, 7) is -0.497. The monoisotopic (exact) mass is 220 g/mol. The van der Waals surface area contributed by atoms with E-state index in [9.17, 15) is 19.0 Å². The molecule has 0 amide bonds. The van der Waals surface area contributed by atoms with Crippen LogP contribution in [-0.2, 0) is 4.74 Å². The normalized spacial score (nSPS) is 39.9. The van der Waals surface area contributed by atoms with Gasteiger partial charge in [0.25, 0.3) is 0 Å². The first-order valence-electron chi connectivity index (χ1n) is 4.37. The second kappa shape index (κ2) is 4.43. The third-order valence-electron chi connectivity index (χ3n) is 2.45. The van der Waals surface area contributed by atoms with Gasteiger partial charge >= 0.3 is 6.08 Å². The molecule has 7 heteroatoms. The molecule has 1 rings (SSSR count). The molecule has 1 aliphatic heterocycles. The molecule has 0 aromatic rings. The van der Waals surface area contributed by atoms with Gasteiger partial charge in [-0.25, -0.2) is 0 Å². The van der Waals surface area contributed by atoms with Gasteiger partial charge in [0.1, 0.15) is 25.7 Å². The fraction of sp³-hybridized carbons (Fsp3) is 0.625. The standard InChI is InChI=1S/C8H11BF2O4/c9-7-8(14,2-1-5(10)11)6(13)4(3-12)15-7/h2,4,6-7,12-14H,3,9H2/t4-,6+,7-,8?/m1/s1. The van der Waals surface area contributed by atoms with E-state index in [0.29, 0.717) is 6.08 Å². The zero-order chi connectivity index (χ0) is 11.6. The predicted molar refractivity (Wildman–Crippen MR) is 49.1 cm³/mol. The van der Waals surface area contributed by atoms with E-state index in [4.69, 9.17) is 9.84 Å². The van der Waals surface area contributed by atoms with Crippen LogP contribution in [0.15, 0.2) is 17.9 Å². The van der Waals surface area contributed by atoms with Crippen LogP contribution in [0.1, 0.15) is 0 Å². The van der Waals surface area contributed by atoms with Crippen molar-refractivity contribution >= 4 is 7.85 Å². The minimum Gasteiger partial charge on any atom is -0.394 e. The molecule has 1 fully saturated rings. The summed E-state index contributed by atoms with van der Waals surface area (Å²) in [5.74, 6) is 0. The van der Waals surface area contributed by atoms with Crippen molar-refractivity contribution in [2.45, 2.75) is 23.8 Å². The van der Waals surface area contributed by atoms with E-state index in [-0.39, 0.29) is 0 Å². The van der Waals surface area contributed by atoms with Crippen molar-refractivity contribution in [3.63, 3.8) is 0 Å². The zero-order valence-corrected chi connectivity index (χ0v) is 8.02. The molecule has 4 nitrogen and oxygen atoms in total. The molecule has 4 atom stereocenters. The fourth-order valence-corrected chi connectivity index (χ4v) is 1.50. The molecule has 84 valence electrons. The third kappa shape index (κ3) is 2.27. The largest absolute Gasteiger partial charge is 0.394 e. The average Bonchev–Trinajstić information content (AvgIpc) is 2.40. The highest BCUT2D eigenvalue weighted by Crippen LogP contribution is 2.30. The van der Waals surface area contributed by atoms with E-state index < -0.39 is 36.5 Å². The highest BCUT2D eigenvalue weighted by Gasteiger charge is 2.51. The van der Waals surface area contributed by atoms with Gasteiger partial charge in [0.15, 0.2) is 0 Å². The molecule has 3 N–H and O–H groups in total. The Hall–Kier alpha value is -0.715. The third-order valence-corrected chi connectivity index (χ3v) is 2.45. The van der Waals surface area contributed by atoms with Gasteiger partial charge in [0, 0.05) is 0 Å². The van der Waals surface area contributed by atoms with E-state index in [2.05, 4.69) is 0 Å². The molecule has 0 aliphatic carbocycles. The van der Waals surface area contributed by atoms with Gasteiger partial charge in [-0.1, -0.05) is 5.73 Å². The summed E-state index contributed by atoms with van der Waals surface area (Å²) in [6, 6.07) is -0.892. The highest BCUT2D eigenvalue weighted by molar-refractivity contribution is 6.12. The molecule has 0 radical (unpaired) electrons. The molecule has 0 saturated carbocycles. The van der Waals surface area contributed by atoms with Crippen molar-refractivity contribution in [3.05, 3.63) is 17.9 Å². The van der Waals surface area contributed by atoms with Gasteiger partial charge in [-0.15, -0.1) is 0 Å². The smallest absolute Gasteiger partial charge is 0.312 e. The summed E-state index contributed by atoms with van der Waals surface area (Å²) in [7, 11) is 1.41. The van der Waals surface area contributed by atoms with Crippen molar-refractivity contribution in [1.29, 1.82) is 0 Å². The van der Waals surface area contributed by atoms with Crippen LogP contribution in [0.3, 0.4) is 0 Å². The van der Waals surface area contributed by atoms with Gasteiger partial charge in [0.05, 0.1) is 12.6 Å². The van der Waals surface area contributed by atoms with Crippen LogP contribution in [0.5, 0.6) is 0 Å². The molecule has 0 bridgehead atoms. The van der Waals surface area contributed by atoms with Crippen LogP contribution in [0.25, 0.3) is 0 Å². The Bertz CT molecular complexity index is 301. The second-order valence-electron chi connectivity index (χ2n) is 3.38. The average molecular weight is 220 g/mol. The molecule has 15 heavy (non-hydrogen) atoms. The molecule has 1 heterocycles. The lowest BCUT2D eigenvalue weighted by molar-refractivity contribution is -0.0286. The number of hydrogen-bond donors (Lipinski definition) is 3. The Morgan fingerprint density at radius 3 is 2.60 bits per heavy atom. The van der Waals surface area contributed by atoms with Crippen molar-refractivity contribution in [1.82, 2.24) is 0 Å². The molecule has 1 saturated heterocycles. The number of aliphatic hydroxyl groups is 3. The molecule has 1 aliphatic rings. The Morgan fingerprint density at radius 2 is 2.20 bits per heavy atom. The second-order valence-corrected chi connectivity index (χ2v) is 3.38. The summed E-state index contributed by atoms with van der Waals surface area (Å²) in [6.07, 6.45) is -3.88. The maximum atomic E-state index is 11.8. The molecule has 1 unspecified atom stereocenters. The Morgan fingerprint density at radius 1 is 1.60 bits per heavy atom. The van der Waals surface area contributed by atoms with Crippen molar-refractivity contribution in [2.24, 2.45) is 0 Å². The van der Waals surface area contributed by atoms with Crippen LogP contribution >= 0.6 is 0 Å². The minimum atomic E-state index is -2.10. The van der Waals surface area contributed by atoms with Crippen molar-refractivity contribution in [2.75, 3.05) is 6.61 Å². The first kappa shape index (κ1) is 12.4. The summed E-state index contributed by atoms with van der Waals surface area (Å²) in [4.78, 5) is 0. The lowest BCUT2D eigenvalue weighted by Gasteiger charge is -2.24. The molecular formula is C8H11BF2O4. The number of aliphatic hydroxyl groups excluding tert-OH is 2. The van der Waals surface area contributed by atoms with Crippen LogP contribution < -0.4 is 0 Å². The molecule has 0 aromatic carbocycles. The Balaban J connectivity index is 2.97. The lowest BCUT2D eigenvalue weighted by Crippen LogP contribution is -2.47. The molecule has 0 aromatic heterocycles. The van der Waals surface area contributed by atoms with Gasteiger partial charge in [-0.3, -0.25) is 0 Å². The van der Waals surface area contributed by atoms with Crippen LogP contribution in [-0.4, -0.2) is 53.6 Å². The first-order valence-corrected chi connectivity index (χ1v) is 4.37. The van der Waals surface area contributed by atoms with Gasteiger partial charge in [-0.05, 0) is 6.08 Å². The van der Waals surface area contributed by atoms with Gasteiger partial charge in [0.2, 0.25) is 0 Å². The summed E-state index contributed by atoms with van der Waals surface area (Å²) >= 11 is 0. The number of ether oxygens (including phenoxy) is 1. The van der Waals surface area contributed by atoms with Crippen molar-refractivity contribution in [3.8, 4) is 0 Å². The maximum Gasteiger partial charge on any atom is 0.312 e. The van der Waals surface area contributed by atoms with Crippen LogP contribution in [0.2, 0.25) is 0 Å². The Kier molecular flexibility index (Phi) is 3.65. The van der Waals surface area contributed by atoms with Crippen LogP contribution in [0, 0.1) is 0 Å². The van der Waals surface area contributed by atoms with E-state index >= 15 is 0 Å².